The standard InChI is InChI=1S/C27H33N3O5/c1-18-24(19(2)35-29-18)17-34-26-14-21-6-4-3-5-20(21)13-23(26)27(31)28-15-25(22-7-10-33-16-22)30-8-11-32-12-9-30/h3-6,13-14,22,25H,7-12,15-17H2,1-2H3,(H,28,31). The molecule has 1 N–H and O–H groups in total. The number of amides is 1. The smallest absolute Gasteiger partial charge is 0.255 e. The molecule has 186 valence electrons. The molecular formula is C27H33N3O5. The number of hydrogen-bond acceptors (Lipinski definition) is 7. The first-order valence-electron chi connectivity index (χ1n) is 12.3. The molecule has 0 bridgehead atoms. The van der Waals surface area contributed by atoms with E-state index in [4.69, 9.17) is 18.7 Å². The predicted octanol–water partition coefficient (Wildman–Crippen LogP) is 3.49. The number of ether oxygens (including phenoxy) is 3. The first-order chi connectivity index (χ1) is 17.1. The fraction of sp³-hybridized carbons (Fsp3) is 0.481. The number of nitrogens with zero attached hydrogens (tertiary/aromatic N) is 2. The molecule has 3 heterocycles. The molecule has 1 amide bonds. The van der Waals surface area contributed by atoms with E-state index in [0.29, 0.717) is 23.8 Å². The summed E-state index contributed by atoms with van der Waals surface area (Å²) in [5, 5.41) is 9.23. The number of nitrogens with one attached hydrogen (secondary N) is 1. The summed E-state index contributed by atoms with van der Waals surface area (Å²) >= 11 is 0. The molecule has 8 nitrogen and oxygen atoms in total. The van der Waals surface area contributed by atoms with E-state index in [1.54, 1.807) is 0 Å². The van der Waals surface area contributed by atoms with Crippen LogP contribution in [0.4, 0.5) is 0 Å². The Morgan fingerprint density at radius 2 is 1.91 bits per heavy atom. The van der Waals surface area contributed by atoms with Crippen LogP contribution in [0.5, 0.6) is 5.75 Å². The molecule has 2 aliphatic rings. The van der Waals surface area contributed by atoms with Crippen LogP contribution in [0.25, 0.3) is 10.8 Å². The third-order valence-electron chi connectivity index (χ3n) is 7.14. The van der Waals surface area contributed by atoms with Crippen LogP contribution in [-0.4, -0.2) is 68.1 Å². The molecule has 2 aromatic carbocycles. The number of hydrogen-bond donors (Lipinski definition) is 1. The van der Waals surface area contributed by atoms with Crippen LogP contribution in [0.3, 0.4) is 0 Å². The van der Waals surface area contributed by atoms with E-state index in [2.05, 4.69) is 15.4 Å². The van der Waals surface area contributed by atoms with E-state index < -0.39 is 0 Å². The van der Waals surface area contributed by atoms with E-state index in [1.165, 1.54) is 0 Å². The Labute approximate surface area is 205 Å². The lowest BCUT2D eigenvalue weighted by Gasteiger charge is -2.37. The molecular weight excluding hydrogens is 446 g/mol. The summed E-state index contributed by atoms with van der Waals surface area (Å²) in [7, 11) is 0. The van der Waals surface area contributed by atoms with Gasteiger partial charge in [0.05, 0.1) is 36.6 Å². The zero-order valence-electron chi connectivity index (χ0n) is 20.4. The number of carbonyl (C=O) groups is 1. The molecule has 3 aromatic rings. The van der Waals surface area contributed by atoms with E-state index in [-0.39, 0.29) is 18.6 Å². The highest BCUT2D eigenvalue weighted by atomic mass is 16.5. The van der Waals surface area contributed by atoms with Gasteiger partial charge in [-0.15, -0.1) is 0 Å². The minimum Gasteiger partial charge on any atom is -0.488 e. The van der Waals surface area contributed by atoms with Gasteiger partial charge in [0.15, 0.2) is 0 Å². The van der Waals surface area contributed by atoms with Gasteiger partial charge >= 0.3 is 0 Å². The van der Waals surface area contributed by atoms with Gasteiger partial charge in [0.25, 0.3) is 5.91 Å². The summed E-state index contributed by atoms with van der Waals surface area (Å²) in [4.78, 5) is 15.9. The van der Waals surface area contributed by atoms with Gasteiger partial charge < -0.3 is 24.1 Å². The summed E-state index contributed by atoms with van der Waals surface area (Å²) in [5.74, 6) is 1.54. The number of rotatable bonds is 8. The van der Waals surface area contributed by atoms with Crippen LogP contribution in [-0.2, 0) is 16.1 Å². The lowest BCUT2D eigenvalue weighted by Crippen LogP contribution is -2.52. The third-order valence-corrected chi connectivity index (χ3v) is 7.14. The van der Waals surface area contributed by atoms with Crippen LogP contribution >= 0.6 is 0 Å². The quantitative estimate of drug-likeness (QED) is 0.529. The van der Waals surface area contributed by atoms with Gasteiger partial charge in [-0.05, 0) is 43.2 Å². The SMILES string of the molecule is Cc1noc(C)c1COc1cc2ccccc2cc1C(=O)NCC(C1CCOC1)N1CCOCC1. The van der Waals surface area contributed by atoms with E-state index in [1.807, 2.05) is 50.2 Å². The summed E-state index contributed by atoms with van der Waals surface area (Å²) in [6.45, 7) is 9.32. The van der Waals surface area contributed by atoms with Crippen LogP contribution in [0.2, 0.25) is 0 Å². The van der Waals surface area contributed by atoms with Crippen molar-refractivity contribution in [3.8, 4) is 5.75 Å². The van der Waals surface area contributed by atoms with Crippen molar-refractivity contribution in [1.29, 1.82) is 0 Å². The van der Waals surface area contributed by atoms with Gasteiger partial charge in [-0.25, -0.2) is 0 Å². The number of morpholine rings is 1. The molecule has 0 spiro atoms. The van der Waals surface area contributed by atoms with Crippen molar-refractivity contribution >= 4 is 16.7 Å². The van der Waals surface area contributed by atoms with Gasteiger partial charge in [-0.3, -0.25) is 9.69 Å². The number of fused-ring (bicyclic) bond motifs is 1. The minimum absolute atomic E-state index is 0.137. The largest absolute Gasteiger partial charge is 0.488 e. The molecule has 0 saturated carbocycles. The Bertz CT molecular complexity index is 1150. The molecule has 2 saturated heterocycles. The van der Waals surface area contributed by atoms with Crippen molar-refractivity contribution in [3.05, 3.63) is 59.0 Å². The topological polar surface area (TPSA) is 86.1 Å². The van der Waals surface area contributed by atoms with E-state index in [0.717, 1.165) is 73.7 Å². The summed E-state index contributed by atoms with van der Waals surface area (Å²) in [6.07, 6.45) is 1.01. The molecule has 0 aliphatic carbocycles. The maximum atomic E-state index is 13.5. The van der Waals surface area contributed by atoms with Gasteiger partial charge in [0, 0.05) is 38.2 Å². The van der Waals surface area contributed by atoms with Gasteiger partial charge in [-0.1, -0.05) is 29.4 Å². The first kappa shape index (κ1) is 23.8. The molecule has 2 aliphatic heterocycles. The van der Waals surface area contributed by atoms with Crippen molar-refractivity contribution in [2.24, 2.45) is 5.92 Å². The Hall–Kier alpha value is -2.94. The first-order valence-corrected chi connectivity index (χ1v) is 12.3. The van der Waals surface area contributed by atoms with Crippen LogP contribution in [0, 0.1) is 19.8 Å². The van der Waals surface area contributed by atoms with Gasteiger partial charge in [0.2, 0.25) is 0 Å². The fourth-order valence-corrected chi connectivity index (χ4v) is 5.03. The lowest BCUT2D eigenvalue weighted by atomic mass is 9.96. The second kappa shape index (κ2) is 10.8. The van der Waals surface area contributed by atoms with Crippen LogP contribution in [0.1, 0.15) is 33.8 Å². The fourth-order valence-electron chi connectivity index (χ4n) is 5.03. The zero-order valence-corrected chi connectivity index (χ0v) is 20.4. The molecule has 2 fully saturated rings. The van der Waals surface area contributed by atoms with E-state index in [9.17, 15) is 4.79 Å². The van der Waals surface area contributed by atoms with Crippen molar-refractivity contribution in [1.82, 2.24) is 15.4 Å². The Kier molecular flexibility index (Phi) is 7.32. The van der Waals surface area contributed by atoms with Gasteiger partial charge in [-0.2, -0.15) is 0 Å². The average molecular weight is 480 g/mol. The number of aromatic nitrogens is 1. The Morgan fingerprint density at radius 3 is 2.60 bits per heavy atom. The zero-order chi connectivity index (χ0) is 24.2. The Balaban J connectivity index is 1.36. The maximum absolute atomic E-state index is 13.5. The molecule has 2 atom stereocenters. The van der Waals surface area contributed by atoms with E-state index >= 15 is 0 Å². The minimum atomic E-state index is -0.137. The second-order valence-electron chi connectivity index (χ2n) is 9.34. The number of aryl methyl sites for hydroxylation is 2. The molecule has 1 aromatic heterocycles. The number of benzene rings is 2. The molecule has 5 rings (SSSR count). The summed E-state index contributed by atoms with van der Waals surface area (Å²) < 4.78 is 22.7. The second-order valence-corrected chi connectivity index (χ2v) is 9.34. The highest BCUT2D eigenvalue weighted by Crippen LogP contribution is 2.28. The van der Waals surface area contributed by atoms with Crippen molar-refractivity contribution < 1.29 is 23.5 Å². The lowest BCUT2D eigenvalue weighted by molar-refractivity contribution is 0.00166. The number of carbonyl (C=O) groups excluding carboxylic acids is 1. The maximum Gasteiger partial charge on any atom is 0.255 e. The van der Waals surface area contributed by atoms with Crippen molar-refractivity contribution in [2.75, 3.05) is 46.1 Å². The van der Waals surface area contributed by atoms with Crippen molar-refractivity contribution in [3.63, 3.8) is 0 Å². The highest BCUT2D eigenvalue weighted by molar-refractivity contribution is 6.01. The van der Waals surface area contributed by atoms with Crippen LogP contribution in [0.15, 0.2) is 40.9 Å². The normalized spacial score (nSPS) is 19.7. The van der Waals surface area contributed by atoms with Gasteiger partial charge in [0.1, 0.15) is 18.1 Å². The predicted molar refractivity (Wildman–Crippen MR) is 132 cm³/mol. The summed E-state index contributed by atoms with van der Waals surface area (Å²) in [6, 6.07) is 12.1. The molecule has 8 heteroatoms. The van der Waals surface area contributed by atoms with Crippen molar-refractivity contribution in [2.45, 2.75) is 32.9 Å². The molecule has 2 unspecified atom stereocenters. The third kappa shape index (κ3) is 5.34. The summed E-state index contributed by atoms with van der Waals surface area (Å²) in [5.41, 5.74) is 2.22. The monoisotopic (exact) mass is 479 g/mol. The molecule has 0 radical (unpaired) electrons. The molecule has 35 heavy (non-hydrogen) atoms. The van der Waals surface area contributed by atoms with Crippen LogP contribution < -0.4 is 10.1 Å². The average Bonchev–Trinajstić information content (AvgIpc) is 3.53. The Morgan fingerprint density at radius 1 is 1.14 bits per heavy atom. The highest BCUT2D eigenvalue weighted by Gasteiger charge is 2.32.